The van der Waals surface area contributed by atoms with Gasteiger partial charge < -0.3 is 19.7 Å². The molecule has 0 spiro atoms. The Hall–Kier alpha value is 0.270. The molecule has 1 N–H and O–H groups in total. The number of nitrogens with zero attached hydrogens (tertiary/aromatic N) is 2. The Bertz CT molecular complexity index is 350. The SMILES string of the molecule is CN=C(NCCOCC1CCCO1)N1CCSC(C)(C)C1.I. The van der Waals surface area contributed by atoms with Gasteiger partial charge in [0.25, 0.3) is 0 Å². The third-order valence-electron chi connectivity index (χ3n) is 3.79. The molecule has 2 heterocycles. The van der Waals surface area contributed by atoms with E-state index in [-0.39, 0.29) is 24.0 Å². The third-order valence-corrected chi connectivity index (χ3v) is 5.09. The van der Waals surface area contributed by atoms with E-state index in [1.165, 1.54) is 6.42 Å². The second-order valence-corrected chi connectivity index (χ2v) is 8.02. The Labute approximate surface area is 156 Å². The first-order chi connectivity index (χ1) is 10.1. The van der Waals surface area contributed by atoms with Crippen LogP contribution in [-0.2, 0) is 9.47 Å². The molecule has 0 aromatic carbocycles. The van der Waals surface area contributed by atoms with Gasteiger partial charge in [-0.2, -0.15) is 11.8 Å². The van der Waals surface area contributed by atoms with Gasteiger partial charge in [0.2, 0.25) is 0 Å². The van der Waals surface area contributed by atoms with Crippen molar-refractivity contribution in [2.75, 3.05) is 52.3 Å². The number of thioether (sulfide) groups is 1. The molecule has 0 aliphatic carbocycles. The zero-order valence-electron chi connectivity index (χ0n) is 14.0. The van der Waals surface area contributed by atoms with Crippen molar-refractivity contribution in [3.8, 4) is 0 Å². The number of aliphatic imine (C=N–C) groups is 1. The fourth-order valence-electron chi connectivity index (χ4n) is 2.76. The van der Waals surface area contributed by atoms with Crippen molar-refractivity contribution in [1.82, 2.24) is 10.2 Å². The largest absolute Gasteiger partial charge is 0.377 e. The van der Waals surface area contributed by atoms with E-state index in [1.807, 2.05) is 18.8 Å². The minimum absolute atomic E-state index is 0. The lowest BCUT2D eigenvalue weighted by Crippen LogP contribution is -2.51. The summed E-state index contributed by atoms with van der Waals surface area (Å²) in [6, 6.07) is 0. The molecule has 2 aliphatic heterocycles. The van der Waals surface area contributed by atoms with E-state index >= 15 is 0 Å². The molecule has 2 aliphatic rings. The highest BCUT2D eigenvalue weighted by molar-refractivity contribution is 14.0. The lowest BCUT2D eigenvalue weighted by molar-refractivity contribution is 0.0190. The molecule has 1 unspecified atom stereocenters. The summed E-state index contributed by atoms with van der Waals surface area (Å²) in [5.41, 5.74) is 0. The predicted molar refractivity (Wildman–Crippen MR) is 105 cm³/mol. The smallest absolute Gasteiger partial charge is 0.193 e. The maximum absolute atomic E-state index is 5.68. The van der Waals surface area contributed by atoms with E-state index in [0.717, 1.165) is 44.4 Å². The second-order valence-electron chi connectivity index (χ2n) is 6.21. The van der Waals surface area contributed by atoms with Crippen molar-refractivity contribution >= 4 is 41.7 Å². The van der Waals surface area contributed by atoms with Gasteiger partial charge in [0, 0.05) is 43.8 Å². The number of halogens is 1. The van der Waals surface area contributed by atoms with Crippen molar-refractivity contribution in [3.63, 3.8) is 0 Å². The minimum Gasteiger partial charge on any atom is -0.377 e. The molecule has 0 bridgehead atoms. The number of ether oxygens (including phenoxy) is 2. The van der Waals surface area contributed by atoms with Crippen LogP contribution in [0.1, 0.15) is 26.7 Å². The quantitative estimate of drug-likeness (QED) is 0.306. The molecule has 7 heteroatoms. The maximum atomic E-state index is 5.68. The molecule has 0 radical (unpaired) electrons. The van der Waals surface area contributed by atoms with Crippen molar-refractivity contribution < 1.29 is 9.47 Å². The van der Waals surface area contributed by atoms with Crippen molar-refractivity contribution in [3.05, 3.63) is 0 Å². The van der Waals surface area contributed by atoms with Gasteiger partial charge in [-0.05, 0) is 26.7 Å². The Balaban J connectivity index is 0.00000242. The molecule has 1 atom stereocenters. The highest BCUT2D eigenvalue weighted by Gasteiger charge is 2.28. The number of hydrogen-bond acceptors (Lipinski definition) is 4. The van der Waals surface area contributed by atoms with Crippen LogP contribution >= 0.6 is 35.7 Å². The average molecular weight is 443 g/mol. The van der Waals surface area contributed by atoms with Crippen LogP contribution < -0.4 is 5.32 Å². The topological polar surface area (TPSA) is 46.1 Å². The summed E-state index contributed by atoms with van der Waals surface area (Å²) >= 11 is 2.04. The first-order valence-electron chi connectivity index (χ1n) is 7.90. The molecule has 0 saturated carbocycles. The van der Waals surface area contributed by atoms with Gasteiger partial charge >= 0.3 is 0 Å². The Morgan fingerprint density at radius 2 is 2.32 bits per heavy atom. The van der Waals surface area contributed by atoms with Crippen LogP contribution in [0.25, 0.3) is 0 Å². The number of rotatable bonds is 5. The molecule has 0 amide bonds. The highest BCUT2D eigenvalue weighted by Crippen LogP contribution is 2.29. The monoisotopic (exact) mass is 443 g/mol. The van der Waals surface area contributed by atoms with Crippen LogP contribution in [0.3, 0.4) is 0 Å². The third kappa shape index (κ3) is 6.80. The number of hydrogen-bond donors (Lipinski definition) is 1. The molecular weight excluding hydrogens is 413 g/mol. The zero-order chi connectivity index (χ0) is 15.1. The molecule has 22 heavy (non-hydrogen) atoms. The fraction of sp³-hybridized carbons (Fsp3) is 0.933. The summed E-state index contributed by atoms with van der Waals surface area (Å²) in [4.78, 5) is 6.74. The summed E-state index contributed by atoms with van der Waals surface area (Å²) in [7, 11) is 1.85. The molecule has 130 valence electrons. The highest BCUT2D eigenvalue weighted by atomic mass is 127. The van der Waals surface area contributed by atoms with Gasteiger partial charge in [0.1, 0.15) is 0 Å². The predicted octanol–water partition coefficient (Wildman–Crippen LogP) is 2.20. The number of guanidine groups is 1. The molecule has 2 saturated heterocycles. The molecular formula is C15H30IN3O2S. The summed E-state index contributed by atoms with van der Waals surface area (Å²) in [6.07, 6.45) is 2.61. The summed E-state index contributed by atoms with van der Waals surface area (Å²) < 4.78 is 11.5. The standard InChI is InChI=1S/C15H29N3O2S.HI/c1-15(2)12-18(7-10-21-15)14(16-3)17-6-9-19-11-13-5-4-8-20-13;/h13H,4-12H2,1-3H3,(H,16,17);1H. The first-order valence-corrected chi connectivity index (χ1v) is 8.88. The van der Waals surface area contributed by atoms with Gasteiger partial charge in [0.05, 0.1) is 19.3 Å². The lowest BCUT2D eigenvalue weighted by Gasteiger charge is -2.39. The van der Waals surface area contributed by atoms with Crippen LogP contribution in [0.4, 0.5) is 0 Å². The molecule has 0 aromatic heterocycles. The van der Waals surface area contributed by atoms with E-state index < -0.39 is 0 Å². The molecule has 2 fully saturated rings. The van der Waals surface area contributed by atoms with Crippen LogP contribution in [0, 0.1) is 0 Å². The normalized spacial score (nSPS) is 25.0. The molecule has 0 aromatic rings. The lowest BCUT2D eigenvalue weighted by atomic mass is 10.2. The van der Waals surface area contributed by atoms with Crippen molar-refractivity contribution in [1.29, 1.82) is 0 Å². The summed E-state index contributed by atoms with van der Waals surface area (Å²) in [6.45, 7) is 9.78. The van der Waals surface area contributed by atoms with Crippen LogP contribution in [0.2, 0.25) is 0 Å². The van der Waals surface area contributed by atoms with E-state index in [2.05, 4.69) is 29.1 Å². The van der Waals surface area contributed by atoms with Crippen molar-refractivity contribution in [2.45, 2.75) is 37.5 Å². The van der Waals surface area contributed by atoms with E-state index in [1.54, 1.807) is 0 Å². The zero-order valence-corrected chi connectivity index (χ0v) is 17.1. The van der Waals surface area contributed by atoms with Crippen LogP contribution in [0.5, 0.6) is 0 Å². The second kappa shape index (κ2) is 10.2. The van der Waals surface area contributed by atoms with E-state index in [0.29, 0.717) is 24.1 Å². The summed E-state index contributed by atoms with van der Waals surface area (Å²) in [5, 5.41) is 3.40. The minimum atomic E-state index is 0. The molecule has 2 rings (SSSR count). The van der Waals surface area contributed by atoms with Gasteiger partial charge in [-0.1, -0.05) is 0 Å². The van der Waals surface area contributed by atoms with E-state index in [9.17, 15) is 0 Å². The number of nitrogens with one attached hydrogen (secondary N) is 1. The Morgan fingerprint density at radius 1 is 1.50 bits per heavy atom. The van der Waals surface area contributed by atoms with Gasteiger partial charge in [-0.15, -0.1) is 24.0 Å². The summed E-state index contributed by atoms with van der Waals surface area (Å²) in [5.74, 6) is 2.15. The average Bonchev–Trinajstić information content (AvgIpc) is 2.95. The van der Waals surface area contributed by atoms with Crippen molar-refractivity contribution in [2.24, 2.45) is 4.99 Å². The maximum Gasteiger partial charge on any atom is 0.193 e. The van der Waals surface area contributed by atoms with E-state index in [4.69, 9.17) is 9.47 Å². The fourth-order valence-corrected chi connectivity index (χ4v) is 3.87. The van der Waals surface area contributed by atoms with Gasteiger partial charge in [-0.25, -0.2) is 0 Å². The van der Waals surface area contributed by atoms with Crippen LogP contribution in [0.15, 0.2) is 4.99 Å². The Morgan fingerprint density at radius 3 is 2.95 bits per heavy atom. The molecule has 5 nitrogen and oxygen atoms in total. The van der Waals surface area contributed by atoms with Crippen LogP contribution in [-0.4, -0.2) is 74.0 Å². The first kappa shape index (κ1) is 20.3. The Kier molecular flexibility index (Phi) is 9.42. The van der Waals surface area contributed by atoms with Gasteiger partial charge in [0.15, 0.2) is 5.96 Å². The van der Waals surface area contributed by atoms with Gasteiger partial charge in [-0.3, -0.25) is 4.99 Å².